The third kappa shape index (κ3) is 12.1. The van der Waals surface area contributed by atoms with Crippen molar-refractivity contribution in [2.45, 2.75) is 94.7 Å². The number of thiol groups is 1. The number of carbonyl (C=O) groups is 1. The third-order valence-corrected chi connectivity index (χ3v) is 7.61. The van der Waals surface area contributed by atoms with Crippen molar-refractivity contribution in [3.8, 4) is 22.6 Å². The molecule has 0 aliphatic carbocycles. The van der Waals surface area contributed by atoms with Gasteiger partial charge in [-0.2, -0.15) is 39.0 Å². The van der Waals surface area contributed by atoms with Crippen molar-refractivity contribution in [1.29, 1.82) is 0 Å². The average molecular weight is 677 g/mol. The molecule has 0 amide bonds. The third-order valence-electron chi connectivity index (χ3n) is 7.40. The molecule has 0 heterocycles. The zero-order valence-electron chi connectivity index (χ0n) is 25.2. The number of hydrogen-bond donors (Lipinski definition) is 2. The predicted octanol–water partition coefficient (Wildman–Crippen LogP) is 11.5. The number of hydrogen-bond acceptors (Lipinski definition) is 3. The van der Waals surface area contributed by atoms with Crippen molar-refractivity contribution < 1.29 is 49.8 Å². The van der Waals surface area contributed by atoms with Crippen molar-refractivity contribution in [3.05, 3.63) is 82.9 Å². The minimum absolute atomic E-state index is 0.0124. The first kappa shape index (κ1) is 37.2. The van der Waals surface area contributed by atoms with Crippen LogP contribution >= 0.6 is 12.6 Å². The normalized spacial score (nSPS) is 13.4. The van der Waals surface area contributed by atoms with Crippen LogP contribution in [0.25, 0.3) is 11.1 Å². The van der Waals surface area contributed by atoms with E-state index in [-0.39, 0.29) is 29.4 Å². The van der Waals surface area contributed by atoms with Gasteiger partial charge >= 0.3 is 18.3 Å². The number of carboxylic acid groups (broad SMARTS) is 1. The molecule has 2 atom stereocenters. The predicted molar refractivity (Wildman–Crippen MR) is 163 cm³/mol. The van der Waals surface area contributed by atoms with Gasteiger partial charge in [-0.25, -0.2) is 8.78 Å². The number of aliphatic carboxylic acids is 1. The van der Waals surface area contributed by atoms with Crippen LogP contribution in [0, 0.1) is 11.6 Å². The highest BCUT2D eigenvalue weighted by Gasteiger charge is 2.32. The maximum atomic E-state index is 14.9. The van der Waals surface area contributed by atoms with Gasteiger partial charge in [-0.15, -0.1) is 0 Å². The van der Waals surface area contributed by atoms with Crippen molar-refractivity contribution in [1.82, 2.24) is 0 Å². The van der Waals surface area contributed by atoms with Crippen molar-refractivity contribution in [2.24, 2.45) is 0 Å². The molecule has 0 fully saturated rings. The molecular weight excluding hydrogens is 640 g/mol. The Labute approximate surface area is 268 Å². The highest BCUT2D eigenvalue weighted by atomic mass is 32.1. The van der Waals surface area contributed by atoms with Crippen LogP contribution in [0.15, 0.2) is 54.6 Å². The zero-order chi connectivity index (χ0) is 34.1. The Morgan fingerprint density at radius 1 is 0.804 bits per heavy atom. The Balaban J connectivity index is 1.84. The lowest BCUT2D eigenvalue weighted by atomic mass is 9.87. The first-order chi connectivity index (χ1) is 21.5. The summed E-state index contributed by atoms with van der Waals surface area (Å²) in [6.45, 7) is 1.72. The van der Waals surface area contributed by atoms with Gasteiger partial charge in [0.15, 0.2) is 0 Å². The van der Waals surface area contributed by atoms with Crippen LogP contribution in [-0.2, 0) is 17.4 Å². The zero-order valence-corrected chi connectivity index (χ0v) is 26.1. The van der Waals surface area contributed by atoms with Gasteiger partial charge in [0.2, 0.25) is 0 Å². The molecule has 0 aliphatic rings. The van der Waals surface area contributed by atoms with E-state index in [1.165, 1.54) is 30.3 Å². The lowest BCUT2D eigenvalue weighted by Gasteiger charge is -2.20. The van der Waals surface area contributed by atoms with E-state index in [2.05, 4.69) is 12.6 Å². The molecule has 3 aromatic carbocycles. The van der Waals surface area contributed by atoms with E-state index < -0.39 is 53.6 Å². The smallest absolute Gasteiger partial charge is 0.416 e. The fraction of sp³-hybridized carbons (Fsp3) is 0.441. The molecule has 0 aliphatic heterocycles. The van der Waals surface area contributed by atoms with Gasteiger partial charge in [0.05, 0.1) is 11.5 Å². The van der Waals surface area contributed by atoms with Crippen LogP contribution in [0.3, 0.4) is 0 Å². The SMILES string of the molecule is CC(S)CC(C(=O)O)c1ccc(Oc2cc(F)cc(C(F)(F)F)c2)cc1-c1cc(F)cc(CCCCCCCCCC(F)(F)F)c1. The minimum Gasteiger partial charge on any atom is -0.481 e. The Hall–Kier alpha value is -3.28. The fourth-order valence-electron chi connectivity index (χ4n) is 5.26. The van der Waals surface area contributed by atoms with Crippen molar-refractivity contribution in [2.75, 3.05) is 0 Å². The average Bonchev–Trinajstić information content (AvgIpc) is 2.93. The number of benzene rings is 3. The van der Waals surface area contributed by atoms with Gasteiger partial charge in [-0.05, 0) is 89.6 Å². The highest BCUT2D eigenvalue weighted by molar-refractivity contribution is 7.80. The molecule has 0 spiro atoms. The maximum Gasteiger partial charge on any atom is 0.416 e. The first-order valence-electron chi connectivity index (χ1n) is 15.0. The van der Waals surface area contributed by atoms with Crippen molar-refractivity contribution >= 4 is 18.6 Å². The molecule has 3 aromatic rings. The number of halogens is 8. The molecule has 12 heteroatoms. The Bertz CT molecular complexity index is 1450. The molecule has 2 unspecified atom stereocenters. The Morgan fingerprint density at radius 2 is 1.43 bits per heavy atom. The van der Waals surface area contributed by atoms with Gasteiger partial charge < -0.3 is 9.84 Å². The summed E-state index contributed by atoms with van der Waals surface area (Å²) in [6, 6.07) is 10.2. The second-order valence-corrected chi connectivity index (χ2v) is 12.3. The molecule has 46 heavy (non-hydrogen) atoms. The number of rotatable bonds is 16. The monoisotopic (exact) mass is 676 g/mol. The molecule has 0 aromatic heterocycles. The summed E-state index contributed by atoms with van der Waals surface area (Å²) >= 11 is 4.34. The molecule has 0 saturated heterocycles. The summed E-state index contributed by atoms with van der Waals surface area (Å²) in [5.74, 6) is -4.38. The van der Waals surface area contributed by atoms with Crippen molar-refractivity contribution in [3.63, 3.8) is 0 Å². The molecule has 0 saturated carbocycles. The number of unbranched alkanes of at least 4 members (excludes halogenated alkanes) is 6. The second kappa shape index (κ2) is 16.5. The summed E-state index contributed by atoms with van der Waals surface area (Å²) < 4.78 is 111. The van der Waals surface area contributed by atoms with Gasteiger partial charge in [-0.1, -0.05) is 51.2 Å². The quantitative estimate of drug-likeness (QED) is 0.0902. The Kier molecular flexibility index (Phi) is 13.3. The van der Waals surface area contributed by atoms with Gasteiger partial charge in [0.25, 0.3) is 0 Å². The molecule has 3 nitrogen and oxygen atoms in total. The van der Waals surface area contributed by atoms with Crippen LogP contribution in [0.1, 0.15) is 87.3 Å². The lowest BCUT2D eigenvalue weighted by Crippen LogP contribution is -2.16. The van der Waals surface area contributed by atoms with Crippen LogP contribution in [0.5, 0.6) is 11.5 Å². The fourth-order valence-corrected chi connectivity index (χ4v) is 5.48. The number of alkyl halides is 6. The van der Waals surface area contributed by atoms with Gasteiger partial charge in [0.1, 0.15) is 23.1 Å². The van der Waals surface area contributed by atoms with Crippen LogP contribution in [0.2, 0.25) is 0 Å². The van der Waals surface area contributed by atoms with E-state index in [0.717, 1.165) is 25.3 Å². The van der Waals surface area contributed by atoms with Gasteiger partial charge in [-0.3, -0.25) is 4.79 Å². The number of aryl methyl sites for hydroxylation is 1. The lowest BCUT2D eigenvalue weighted by molar-refractivity contribution is -0.139. The second-order valence-electron chi connectivity index (χ2n) is 11.4. The van der Waals surface area contributed by atoms with E-state index in [1.807, 2.05) is 0 Å². The maximum absolute atomic E-state index is 14.9. The van der Waals surface area contributed by atoms with E-state index in [4.69, 9.17) is 4.74 Å². The molecule has 3 rings (SSSR count). The molecule has 0 bridgehead atoms. The Morgan fingerprint density at radius 3 is 2.04 bits per heavy atom. The van der Waals surface area contributed by atoms with E-state index in [9.17, 15) is 45.0 Å². The molecule has 1 N–H and O–H groups in total. The summed E-state index contributed by atoms with van der Waals surface area (Å²) in [4.78, 5) is 12.3. The van der Waals surface area contributed by atoms with E-state index in [0.29, 0.717) is 54.5 Å². The highest BCUT2D eigenvalue weighted by Crippen LogP contribution is 2.39. The first-order valence-corrected chi connectivity index (χ1v) is 15.5. The summed E-state index contributed by atoms with van der Waals surface area (Å²) in [5, 5.41) is 9.72. The van der Waals surface area contributed by atoms with E-state index in [1.54, 1.807) is 13.0 Å². The van der Waals surface area contributed by atoms with Crippen LogP contribution < -0.4 is 4.74 Å². The molecule has 0 radical (unpaired) electrons. The summed E-state index contributed by atoms with van der Waals surface area (Å²) in [5.41, 5.74) is 0.313. The summed E-state index contributed by atoms with van der Waals surface area (Å²) in [6.07, 6.45) is -4.73. The standard InChI is InChI=1S/C34H36F8O3S/c1-21(46)13-31(32(43)44)29-11-10-27(45-28-18-24(34(40,41)42)17-26(36)19-28)20-30(29)23-14-22(15-25(35)16-23)9-7-5-3-2-4-6-8-12-33(37,38)39/h10-11,14-21,31,46H,2-9,12-13H2,1H3,(H,43,44). The topological polar surface area (TPSA) is 46.5 Å². The summed E-state index contributed by atoms with van der Waals surface area (Å²) in [7, 11) is 0. The molecular formula is C34H36F8O3S. The minimum atomic E-state index is -4.82. The number of carboxylic acids is 1. The molecule has 252 valence electrons. The largest absolute Gasteiger partial charge is 0.481 e. The van der Waals surface area contributed by atoms with E-state index >= 15 is 0 Å². The van der Waals surface area contributed by atoms with Crippen LogP contribution in [0.4, 0.5) is 35.1 Å². The van der Waals surface area contributed by atoms with Crippen LogP contribution in [-0.4, -0.2) is 22.5 Å². The van der Waals surface area contributed by atoms with Gasteiger partial charge in [0, 0.05) is 12.5 Å². The number of ether oxygens (including phenoxy) is 1.